The van der Waals surface area contributed by atoms with Crippen molar-refractivity contribution in [3.63, 3.8) is 0 Å². The van der Waals surface area contributed by atoms with E-state index >= 15 is 0 Å². The second-order valence-electron chi connectivity index (χ2n) is 6.64. The van der Waals surface area contributed by atoms with Crippen LogP contribution < -0.4 is 5.56 Å². The van der Waals surface area contributed by atoms with Crippen LogP contribution in [0.15, 0.2) is 34.2 Å². The predicted molar refractivity (Wildman–Crippen MR) is 110 cm³/mol. The van der Waals surface area contributed by atoms with Crippen molar-refractivity contribution in [2.24, 2.45) is 5.10 Å². The van der Waals surface area contributed by atoms with E-state index in [0.29, 0.717) is 23.7 Å². The van der Waals surface area contributed by atoms with Crippen LogP contribution >= 0.6 is 23.8 Å². The number of nitrogens with one attached hydrogen (secondary N) is 1. The summed E-state index contributed by atoms with van der Waals surface area (Å²) in [6, 6.07) is 6.74. The van der Waals surface area contributed by atoms with Gasteiger partial charge in [-0.2, -0.15) is 5.10 Å². The van der Waals surface area contributed by atoms with Gasteiger partial charge in [0.25, 0.3) is 5.56 Å². The Labute approximate surface area is 172 Å². The molecule has 0 aliphatic carbocycles. The topological polar surface area (TPSA) is 90.7 Å². The van der Waals surface area contributed by atoms with E-state index in [-0.39, 0.29) is 28.2 Å². The molecule has 1 aliphatic heterocycles. The van der Waals surface area contributed by atoms with Crippen molar-refractivity contribution >= 4 is 35.4 Å². The Balaban J connectivity index is 2.05. The lowest BCUT2D eigenvalue weighted by atomic mass is 9.99. The van der Waals surface area contributed by atoms with Gasteiger partial charge < -0.3 is 5.11 Å². The molecule has 0 bridgehead atoms. The number of unbranched alkanes of at least 4 members (excludes halogenated alkanes) is 1. The molecule has 1 amide bonds. The molecule has 0 unspecified atom stereocenters. The SMILES string of the molecule is CCCCn1c(O)c(C2=NN(C(C)=O)[C@@H](c3ccc(Cl)cc3)C2)c(=O)[nH]c1=S. The number of hydrogen-bond acceptors (Lipinski definition) is 5. The first-order valence-corrected chi connectivity index (χ1v) is 9.81. The summed E-state index contributed by atoms with van der Waals surface area (Å²) in [5.74, 6) is -0.481. The Morgan fingerprint density at radius 3 is 2.68 bits per heavy atom. The summed E-state index contributed by atoms with van der Waals surface area (Å²) in [4.78, 5) is 27.3. The Morgan fingerprint density at radius 2 is 2.07 bits per heavy atom. The molecule has 7 nitrogen and oxygen atoms in total. The van der Waals surface area contributed by atoms with Crippen LogP contribution in [0, 0.1) is 4.77 Å². The largest absolute Gasteiger partial charge is 0.494 e. The molecule has 28 heavy (non-hydrogen) atoms. The van der Waals surface area contributed by atoms with Crippen molar-refractivity contribution in [3.05, 3.63) is 55.5 Å². The van der Waals surface area contributed by atoms with Crippen LogP contribution in [0.25, 0.3) is 0 Å². The molecule has 0 saturated carbocycles. The molecule has 1 aromatic heterocycles. The zero-order valence-corrected chi connectivity index (χ0v) is 17.2. The fraction of sp³-hybridized carbons (Fsp3) is 0.368. The fourth-order valence-corrected chi connectivity index (χ4v) is 3.64. The number of halogens is 1. The maximum atomic E-state index is 12.5. The zero-order chi connectivity index (χ0) is 20.4. The van der Waals surface area contributed by atoms with E-state index in [2.05, 4.69) is 10.1 Å². The summed E-state index contributed by atoms with van der Waals surface area (Å²) in [5.41, 5.74) is 0.712. The highest BCUT2D eigenvalue weighted by molar-refractivity contribution is 7.71. The van der Waals surface area contributed by atoms with Crippen molar-refractivity contribution in [2.75, 3.05) is 0 Å². The van der Waals surface area contributed by atoms with Crippen molar-refractivity contribution in [1.82, 2.24) is 14.6 Å². The third kappa shape index (κ3) is 3.88. The Hall–Kier alpha value is -2.45. The monoisotopic (exact) mass is 420 g/mol. The van der Waals surface area contributed by atoms with Gasteiger partial charge in [-0.25, -0.2) is 5.01 Å². The van der Waals surface area contributed by atoms with Gasteiger partial charge in [0.2, 0.25) is 11.8 Å². The van der Waals surface area contributed by atoms with E-state index in [4.69, 9.17) is 23.8 Å². The predicted octanol–water partition coefficient (Wildman–Crippen LogP) is 3.76. The van der Waals surface area contributed by atoms with Gasteiger partial charge >= 0.3 is 0 Å². The van der Waals surface area contributed by atoms with E-state index in [1.807, 2.05) is 19.1 Å². The first-order valence-electron chi connectivity index (χ1n) is 9.02. The lowest BCUT2D eigenvalue weighted by Crippen LogP contribution is -2.24. The van der Waals surface area contributed by atoms with Crippen LogP contribution in [-0.4, -0.2) is 31.3 Å². The second kappa shape index (κ2) is 8.28. The molecule has 2 N–H and O–H groups in total. The van der Waals surface area contributed by atoms with Gasteiger partial charge in [0.1, 0.15) is 5.56 Å². The minimum absolute atomic E-state index is 0.0485. The number of H-pyrrole nitrogens is 1. The molecule has 0 spiro atoms. The number of hydrazone groups is 1. The zero-order valence-electron chi connectivity index (χ0n) is 15.6. The number of carbonyl (C=O) groups excluding carboxylic acids is 1. The van der Waals surface area contributed by atoms with E-state index in [0.717, 1.165) is 18.4 Å². The highest BCUT2D eigenvalue weighted by Gasteiger charge is 2.34. The molecular weight excluding hydrogens is 400 g/mol. The van der Waals surface area contributed by atoms with Crippen molar-refractivity contribution in [2.45, 2.75) is 45.7 Å². The molecular formula is C19H21ClN4O3S. The van der Waals surface area contributed by atoms with Gasteiger partial charge in [-0.1, -0.05) is 37.1 Å². The Morgan fingerprint density at radius 1 is 1.39 bits per heavy atom. The van der Waals surface area contributed by atoms with E-state index in [9.17, 15) is 14.7 Å². The molecule has 2 heterocycles. The summed E-state index contributed by atoms with van der Waals surface area (Å²) in [5, 5.41) is 17.0. The smallest absolute Gasteiger partial charge is 0.264 e. The van der Waals surface area contributed by atoms with Gasteiger partial charge in [-0.05, 0) is 36.3 Å². The first-order chi connectivity index (χ1) is 13.3. The number of amides is 1. The van der Waals surface area contributed by atoms with Gasteiger partial charge in [0, 0.05) is 24.9 Å². The molecule has 2 aromatic rings. The lowest BCUT2D eigenvalue weighted by molar-refractivity contribution is -0.130. The molecule has 0 fully saturated rings. The highest BCUT2D eigenvalue weighted by Crippen LogP contribution is 2.34. The average Bonchev–Trinajstić information content (AvgIpc) is 3.07. The molecule has 1 atom stereocenters. The number of nitrogens with zero attached hydrogens (tertiary/aromatic N) is 3. The molecule has 1 aromatic carbocycles. The maximum absolute atomic E-state index is 12.5. The van der Waals surface area contributed by atoms with Crippen molar-refractivity contribution in [3.8, 4) is 5.88 Å². The third-order valence-corrected chi connectivity index (χ3v) is 5.26. The Bertz CT molecular complexity index is 1040. The van der Waals surface area contributed by atoms with Crippen LogP contribution in [0.4, 0.5) is 0 Å². The van der Waals surface area contributed by atoms with Crippen LogP contribution in [-0.2, 0) is 11.3 Å². The number of aromatic amines is 1. The third-order valence-electron chi connectivity index (χ3n) is 4.68. The minimum Gasteiger partial charge on any atom is -0.494 e. The second-order valence-corrected chi connectivity index (χ2v) is 7.47. The number of aromatic nitrogens is 2. The number of aromatic hydroxyl groups is 1. The first kappa shape index (κ1) is 20.3. The van der Waals surface area contributed by atoms with E-state index in [1.165, 1.54) is 16.5 Å². The van der Waals surface area contributed by atoms with Crippen molar-refractivity contribution in [1.29, 1.82) is 0 Å². The summed E-state index contributed by atoms with van der Waals surface area (Å²) in [6.07, 6.45) is 2.00. The van der Waals surface area contributed by atoms with Gasteiger partial charge in [-0.15, -0.1) is 0 Å². The van der Waals surface area contributed by atoms with Gasteiger partial charge in [0.05, 0.1) is 11.8 Å². The quantitative estimate of drug-likeness (QED) is 0.720. The fourth-order valence-electron chi connectivity index (χ4n) is 3.24. The minimum atomic E-state index is -0.519. The van der Waals surface area contributed by atoms with Gasteiger partial charge in [-0.3, -0.25) is 19.1 Å². The Kier molecular flexibility index (Phi) is 6.00. The maximum Gasteiger partial charge on any atom is 0.264 e. The number of hydrogen-bond donors (Lipinski definition) is 2. The number of carbonyl (C=O) groups is 1. The number of benzene rings is 1. The molecule has 9 heteroatoms. The molecule has 1 aliphatic rings. The standard InChI is InChI=1S/C19H21ClN4O3S/c1-3-4-9-23-18(27)16(17(26)21-19(23)28)14-10-15(24(22-14)11(2)25)12-5-7-13(20)8-6-12/h5-8,15,27H,3-4,9-10H2,1-2H3,(H,21,26,28)/t15-/m1/s1. The normalized spacial score (nSPS) is 16.3. The molecule has 0 saturated heterocycles. The van der Waals surface area contributed by atoms with E-state index < -0.39 is 5.56 Å². The van der Waals surface area contributed by atoms with Crippen LogP contribution in [0.1, 0.15) is 50.3 Å². The summed E-state index contributed by atoms with van der Waals surface area (Å²) in [7, 11) is 0. The molecule has 0 radical (unpaired) electrons. The highest BCUT2D eigenvalue weighted by atomic mass is 35.5. The van der Waals surface area contributed by atoms with Gasteiger partial charge in [0.15, 0.2) is 4.77 Å². The lowest BCUT2D eigenvalue weighted by Gasteiger charge is -2.20. The van der Waals surface area contributed by atoms with Crippen LogP contribution in [0.2, 0.25) is 5.02 Å². The van der Waals surface area contributed by atoms with Crippen molar-refractivity contribution < 1.29 is 9.90 Å². The summed E-state index contributed by atoms with van der Waals surface area (Å²) in [6.45, 7) is 3.91. The summed E-state index contributed by atoms with van der Waals surface area (Å²) >= 11 is 11.1. The summed E-state index contributed by atoms with van der Waals surface area (Å²) < 4.78 is 1.65. The average molecular weight is 421 g/mol. The molecule has 3 rings (SSSR count). The molecule has 148 valence electrons. The van der Waals surface area contributed by atoms with E-state index in [1.54, 1.807) is 12.1 Å². The van der Waals surface area contributed by atoms with Crippen LogP contribution in [0.5, 0.6) is 5.88 Å². The van der Waals surface area contributed by atoms with Crippen LogP contribution in [0.3, 0.4) is 0 Å². The number of rotatable bonds is 5.